The Morgan fingerprint density at radius 3 is 2.27 bits per heavy atom. The maximum atomic E-state index is 11.5. The molecule has 4 nitrogen and oxygen atoms in total. The topological polar surface area (TPSA) is 74.6 Å². The molecule has 0 saturated carbocycles. The van der Waals surface area contributed by atoms with Crippen molar-refractivity contribution in [3.8, 4) is 0 Å². The largest absolute Gasteiger partial charge is 0.481 e. The van der Waals surface area contributed by atoms with E-state index in [0.29, 0.717) is 12.8 Å². The molecule has 22 heavy (non-hydrogen) atoms. The Labute approximate surface area is 132 Å². The third-order valence-electron chi connectivity index (χ3n) is 3.99. The Hall–Kier alpha value is -1.84. The lowest BCUT2D eigenvalue weighted by atomic mass is 9.89. The molecule has 0 amide bonds. The minimum absolute atomic E-state index is 0.224. The fourth-order valence-corrected chi connectivity index (χ4v) is 2.76. The highest BCUT2D eigenvalue weighted by Crippen LogP contribution is 2.26. The summed E-state index contributed by atoms with van der Waals surface area (Å²) in [5.74, 6) is -1.94. The number of hydrogen-bond donors (Lipinski definition) is 2. The third kappa shape index (κ3) is 6.29. The predicted octanol–water partition coefficient (Wildman–Crippen LogP) is 4.23. The van der Waals surface area contributed by atoms with E-state index in [9.17, 15) is 14.7 Å². The van der Waals surface area contributed by atoms with Crippen molar-refractivity contribution in [2.24, 2.45) is 0 Å². The van der Waals surface area contributed by atoms with Crippen LogP contribution < -0.4 is 0 Å². The standard InChI is InChI=1S/C18H26O4/c1-2-14-10-8-9-11-15(14)16(18(21)22)12-6-4-3-5-7-13-17(19)20/h8-11,16H,2-7,12-13H2,1H3,(H,19,20)(H,21,22). The van der Waals surface area contributed by atoms with Crippen molar-refractivity contribution in [2.45, 2.75) is 64.2 Å². The fourth-order valence-electron chi connectivity index (χ4n) is 2.76. The van der Waals surface area contributed by atoms with Crippen molar-refractivity contribution in [1.29, 1.82) is 0 Å². The van der Waals surface area contributed by atoms with Gasteiger partial charge in [0.1, 0.15) is 0 Å². The fraction of sp³-hybridized carbons (Fsp3) is 0.556. The molecule has 1 atom stereocenters. The van der Waals surface area contributed by atoms with Gasteiger partial charge < -0.3 is 10.2 Å². The summed E-state index contributed by atoms with van der Waals surface area (Å²) in [4.78, 5) is 21.9. The zero-order valence-electron chi connectivity index (χ0n) is 13.3. The average Bonchev–Trinajstić information content (AvgIpc) is 2.49. The highest BCUT2D eigenvalue weighted by molar-refractivity contribution is 5.76. The van der Waals surface area contributed by atoms with E-state index in [1.54, 1.807) is 0 Å². The maximum Gasteiger partial charge on any atom is 0.310 e. The highest BCUT2D eigenvalue weighted by Gasteiger charge is 2.21. The molecule has 122 valence electrons. The molecule has 2 N–H and O–H groups in total. The Bertz CT molecular complexity index is 482. The van der Waals surface area contributed by atoms with E-state index in [1.807, 2.05) is 31.2 Å². The van der Waals surface area contributed by atoms with Gasteiger partial charge >= 0.3 is 11.9 Å². The summed E-state index contributed by atoms with van der Waals surface area (Å²) >= 11 is 0. The molecule has 0 radical (unpaired) electrons. The quantitative estimate of drug-likeness (QED) is 0.600. The summed E-state index contributed by atoms with van der Waals surface area (Å²) in [6, 6.07) is 7.77. The van der Waals surface area contributed by atoms with E-state index in [0.717, 1.165) is 43.2 Å². The van der Waals surface area contributed by atoms with Crippen molar-refractivity contribution < 1.29 is 19.8 Å². The monoisotopic (exact) mass is 306 g/mol. The Kier molecular flexibility index (Phi) is 8.26. The number of hydrogen-bond acceptors (Lipinski definition) is 2. The van der Waals surface area contributed by atoms with Gasteiger partial charge in [-0.1, -0.05) is 56.9 Å². The minimum Gasteiger partial charge on any atom is -0.481 e. The van der Waals surface area contributed by atoms with Crippen molar-refractivity contribution >= 4 is 11.9 Å². The van der Waals surface area contributed by atoms with Gasteiger partial charge in [0.05, 0.1) is 5.92 Å². The zero-order valence-corrected chi connectivity index (χ0v) is 13.3. The van der Waals surface area contributed by atoms with E-state index in [4.69, 9.17) is 5.11 Å². The number of carboxylic acid groups (broad SMARTS) is 2. The van der Waals surface area contributed by atoms with Crippen molar-refractivity contribution in [3.63, 3.8) is 0 Å². The molecule has 0 fully saturated rings. The summed E-state index contributed by atoms with van der Waals surface area (Å²) in [6.45, 7) is 2.04. The number of unbranched alkanes of at least 4 members (excludes halogenated alkanes) is 4. The van der Waals surface area contributed by atoms with Crippen molar-refractivity contribution in [3.05, 3.63) is 35.4 Å². The van der Waals surface area contributed by atoms with Gasteiger partial charge in [-0.05, 0) is 30.4 Å². The Balaban J connectivity index is 2.42. The summed E-state index contributed by atoms with van der Waals surface area (Å²) in [5, 5.41) is 18.0. The predicted molar refractivity (Wildman–Crippen MR) is 86.2 cm³/mol. The Morgan fingerprint density at radius 2 is 1.64 bits per heavy atom. The molecule has 0 saturated heterocycles. The molecule has 0 spiro atoms. The lowest BCUT2D eigenvalue weighted by Gasteiger charge is -2.16. The van der Waals surface area contributed by atoms with E-state index < -0.39 is 17.9 Å². The summed E-state index contributed by atoms with van der Waals surface area (Å²) in [5.41, 5.74) is 2.04. The van der Waals surface area contributed by atoms with Crippen LogP contribution >= 0.6 is 0 Å². The van der Waals surface area contributed by atoms with Gasteiger partial charge in [0.15, 0.2) is 0 Å². The van der Waals surface area contributed by atoms with Gasteiger partial charge in [-0.25, -0.2) is 0 Å². The van der Waals surface area contributed by atoms with E-state index >= 15 is 0 Å². The number of aliphatic carboxylic acids is 2. The molecule has 0 aliphatic carbocycles. The maximum absolute atomic E-state index is 11.5. The van der Waals surface area contributed by atoms with Gasteiger partial charge in [0.25, 0.3) is 0 Å². The van der Waals surface area contributed by atoms with Gasteiger partial charge in [0, 0.05) is 6.42 Å². The van der Waals surface area contributed by atoms with Crippen LogP contribution in [0, 0.1) is 0 Å². The number of carbonyl (C=O) groups is 2. The molecule has 1 aromatic rings. The highest BCUT2D eigenvalue weighted by atomic mass is 16.4. The van der Waals surface area contributed by atoms with Crippen LogP contribution in [0.15, 0.2) is 24.3 Å². The first-order valence-electron chi connectivity index (χ1n) is 8.08. The van der Waals surface area contributed by atoms with Crippen molar-refractivity contribution in [1.82, 2.24) is 0 Å². The van der Waals surface area contributed by atoms with Crippen LogP contribution in [0.4, 0.5) is 0 Å². The normalized spacial score (nSPS) is 12.0. The van der Waals surface area contributed by atoms with E-state index in [1.165, 1.54) is 0 Å². The first-order valence-corrected chi connectivity index (χ1v) is 8.08. The summed E-state index contributed by atoms with van der Waals surface area (Å²) in [7, 11) is 0. The van der Waals surface area contributed by atoms with E-state index in [2.05, 4.69) is 0 Å². The molecule has 0 aliphatic rings. The lowest BCUT2D eigenvalue weighted by Crippen LogP contribution is -2.13. The van der Waals surface area contributed by atoms with Crippen LogP contribution in [0.3, 0.4) is 0 Å². The molecular weight excluding hydrogens is 280 g/mol. The third-order valence-corrected chi connectivity index (χ3v) is 3.99. The second kappa shape index (κ2) is 9.98. The number of benzene rings is 1. The smallest absolute Gasteiger partial charge is 0.310 e. The van der Waals surface area contributed by atoms with E-state index in [-0.39, 0.29) is 6.42 Å². The van der Waals surface area contributed by atoms with Crippen LogP contribution in [0.25, 0.3) is 0 Å². The van der Waals surface area contributed by atoms with Gasteiger partial charge in [-0.3, -0.25) is 9.59 Å². The Morgan fingerprint density at radius 1 is 1.00 bits per heavy atom. The molecule has 0 aromatic heterocycles. The molecule has 1 aromatic carbocycles. The van der Waals surface area contributed by atoms with Gasteiger partial charge in [0.2, 0.25) is 0 Å². The van der Waals surface area contributed by atoms with Crippen LogP contribution in [-0.4, -0.2) is 22.2 Å². The average molecular weight is 306 g/mol. The molecule has 0 bridgehead atoms. The molecule has 0 heterocycles. The van der Waals surface area contributed by atoms with Crippen molar-refractivity contribution in [2.75, 3.05) is 0 Å². The lowest BCUT2D eigenvalue weighted by molar-refractivity contribution is -0.139. The second-order valence-electron chi connectivity index (χ2n) is 5.64. The van der Waals surface area contributed by atoms with Crippen LogP contribution in [0.2, 0.25) is 0 Å². The minimum atomic E-state index is -0.758. The number of aryl methyl sites for hydroxylation is 1. The first kappa shape index (κ1) is 18.2. The summed E-state index contributed by atoms with van der Waals surface area (Å²) < 4.78 is 0. The molecule has 1 unspecified atom stereocenters. The van der Waals surface area contributed by atoms with Gasteiger partial charge in [-0.15, -0.1) is 0 Å². The summed E-state index contributed by atoms with van der Waals surface area (Å²) in [6.07, 6.45) is 6.10. The van der Waals surface area contributed by atoms with Crippen LogP contribution in [0.5, 0.6) is 0 Å². The molecular formula is C18H26O4. The SMILES string of the molecule is CCc1ccccc1C(CCCCCCCC(=O)O)C(=O)O. The second-order valence-corrected chi connectivity index (χ2v) is 5.64. The molecule has 4 heteroatoms. The number of carboxylic acids is 2. The number of rotatable bonds is 11. The zero-order chi connectivity index (χ0) is 16.4. The molecule has 0 aliphatic heterocycles. The first-order chi connectivity index (χ1) is 10.6. The van der Waals surface area contributed by atoms with Gasteiger partial charge in [-0.2, -0.15) is 0 Å². The van der Waals surface area contributed by atoms with Crippen LogP contribution in [0.1, 0.15) is 68.9 Å². The molecule has 1 rings (SSSR count). The van der Waals surface area contributed by atoms with Crippen LogP contribution in [-0.2, 0) is 16.0 Å².